The van der Waals surface area contributed by atoms with Crippen LogP contribution >= 0.6 is 0 Å². The van der Waals surface area contributed by atoms with Crippen molar-refractivity contribution in [2.24, 2.45) is 0 Å². The van der Waals surface area contributed by atoms with E-state index in [0.29, 0.717) is 0 Å². The summed E-state index contributed by atoms with van der Waals surface area (Å²) in [4.78, 5) is 19.3. The Hall–Kier alpha value is -3.40. The maximum atomic E-state index is 4.83. The SMILES string of the molecule is C1=Cc2nc1cc1cc3c([n-]1)c(c1nc(cc4cc5c([n-]4)c2C=C5)C=C1)C=C3.[Cu+2]. The van der Waals surface area contributed by atoms with Gasteiger partial charge in [0, 0.05) is 0 Å². The molecule has 1 radical (unpaired) electrons. The van der Waals surface area contributed by atoms with Crippen LogP contribution in [0.3, 0.4) is 0 Å². The Kier molecular flexibility index (Phi) is 3.31. The molecule has 0 aromatic carbocycles. The number of nitrogens with zero attached hydrogens (tertiary/aromatic N) is 4. The first-order valence-corrected chi connectivity index (χ1v) is 9.24. The minimum Gasteiger partial charge on any atom is -0.657 e. The Morgan fingerprint density at radius 3 is 1.48 bits per heavy atom. The zero-order chi connectivity index (χ0) is 18.2. The molecule has 8 bridgehead atoms. The molecular formula is C24H12CuN4. The van der Waals surface area contributed by atoms with Gasteiger partial charge in [-0.05, 0) is 46.6 Å². The van der Waals surface area contributed by atoms with E-state index in [9.17, 15) is 0 Å². The molecule has 0 amide bonds. The van der Waals surface area contributed by atoms with E-state index >= 15 is 0 Å². The van der Waals surface area contributed by atoms with E-state index in [1.54, 1.807) is 0 Å². The van der Waals surface area contributed by atoms with Crippen molar-refractivity contribution in [2.75, 3.05) is 0 Å². The molecule has 29 heavy (non-hydrogen) atoms. The van der Waals surface area contributed by atoms with Crippen LogP contribution in [0.25, 0.3) is 70.7 Å². The summed E-state index contributed by atoms with van der Waals surface area (Å²) in [6.45, 7) is 0. The van der Waals surface area contributed by atoms with E-state index in [-0.39, 0.29) is 17.1 Å². The van der Waals surface area contributed by atoms with Crippen molar-refractivity contribution >= 4 is 70.7 Å². The average Bonchev–Trinajstić information content (AvgIpc) is 3.44. The van der Waals surface area contributed by atoms with Crippen LogP contribution in [0.2, 0.25) is 0 Å². The van der Waals surface area contributed by atoms with Crippen LogP contribution < -0.4 is 9.97 Å². The molecule has 0 atom stereocenters. The van der Waals surface area contributed by atoms with Crippen molar-refractivity contribution in [2.45, 2.75) is 0 Å². The van der Waals surface area contributed by atoms with Crippen LogP contribution in [0, 0.1) is 0 Å². The maximum absolute atomic E-state index is 4.83. The second kappa shape index (κ2) is 5.80. The van der Waals surface area contributed by atoms with Gasteiger partial charge in [0.1, 0.15) is 0 Å². The maximum Gasteiger partial charge on any atom is 2.00 e. The van der Waals surface area contributed by atoms with Gasteiger partial charge < -0.3 is 9.97 Å². The zero-order valence-electron chi connectivity index (χ0n) is 15.0. The summed E-state index contributed by atoms with van der Waals surface area (Å²) >= 11 is 0. The van der Waals surface area contributed by atoms with Gasteiger partial charge >= 0.3 is 17.1 Å². The van der Waals surface area contributed by atoms with Gasteiger partial charge in [-0.2, -0.15) is 0 Å². The molecule has 4 nitrogen and oxygen atoms in total. The molecule has 2 aliphatic carbocycles. The van der Waals surface area contributed by atoms with Crippen LogP contribution in [-0.2, 0) is 17.1 Å². The fraction of sp³-hybridized carbons (Fsp3) is 0. The standard InChI is InChI=1S/C24H12N4.Cu/c1-5-19-21-7-3-16(25-21)12-18-10-14-2-6-20(24(14)28-18)22-8-4-15(26-22)11-17-9-13(1)23(19)27-17;/h1-12H;/q-2;+2. The Bertz CT molecular complexity index is 1390. The van der Waals surface area contributed by atoms with Gasteiger partial charge in [0.2, 0.25) is 0 Å². The molecule has 7 rings (SSSR count). The molecule has 3 aromatic rings. The van der Waals surface area contributed by atoms with Crippen LogP contribution in [0.5, 0.6) is 0 Å². The predicted molar refractivity (Wildman–Crippen MR) is 115 cm³/mol. The second-order valence-electron chi connectivity index (χ2n) is 7.26. The molecule has 0 saturated heterocycles. The van der Waals surface area contributed by atoms with Crippen LogP contribution in [0.15, 0.2) is 24.3 Å². The van der Waals surface area contributed by atoms with Crippen molar-refractivity contribution in [1.29, 1.82) is 0 Å². The molecule has 0 N–H and O–H groups in total. The Labute approximate surface area is 176 Å². The van der Waals surface area contributed by atoms with Crippen molar-refractivity contribution in [3.8, 4) is 0 Å². The molecule has 4 aliphatic rings. The number of hydrogen-bond donors (Lipinski definition) is 0. The molecular weight excluding hydrogens is 408 g/mol. The minimum absolute atomic E-state index is 0. The van der Waals surface area contributed by atoms with Gasteiger partial charge in [-0.15, -0.1) is 22.1 Å². The summed E-state index contributed by atoms with van der Waals surface area (Å²) in [5.41, 5.74) is 11.9. The summed E-state index contributed by atoms with van der Waals surface area (Å²) < 4.78 is 0. The Balaban J connectivity index is 0.00000165. The van der Waals surface area contributed by atoms with E-state index in [1.165, 1.54) is 0 Å². The quantitative estimate of drug-likeness (QED) is 0.329. The third-order valence-electron chi connectivity index (χ3n) is 5.47. The monoisotopic (exact) mass is 419 g/mol. The molecule has 0 spiro atoms. The first-order chi connectivity index (χ1) is 13.8. The van der Waals surface area contributed by atoms with Crippen molar-refractivity contribution in [1.82, 2.24) is 19.9 Å². The van der Waals surface area contributed by atoms with Crippen molar-refractivity contribution in [3.05, 3.63) is 69.3 Å². The van der Waals surface area contributed by atoms with Gasteiger partial charge in [-0.25, -0.2) is 9.97 Å². The van der Waals surface area contributed by atoms with Gasteiger partial charge in [-0.3, -0.25) is 0 Å². The summed E-state index contributed by atoms with van der Waals surface area (Å²) in [6, 6.07) is 8.26. The Morgan fingerprint density at radius 2 is 1.00 bits per heavy atom. The van der Waals surface area contributed by atoms with Gasteiger partial charge in [0.15, 0.2) is 0 Å². The van der Waals surface area contributed by atoms with Gasteiger partial charge in [0.05, 0.1) is 22.8 Å². The number of fused-ring (bicyclic) bond motifs is 8. The third-order valence-corrected chi connectivity index (χ3v) is 5.47. The fourth-order valence-corrected chi connectivity index (χ4v) is 4.18. The first-order valence-electron chi connectivity index (χ1n) is 9.24. The normalized spacial score (nSPS) is 14.1. The molecule has 0 saturated carbocycles. The summed E-state index contributed by atoms with van der Waals surface area (Å²) in [5.74, 6) is 0. The molecule has 5 heterocycles. The van der Waals surface area contributed by atoms with E-state index in [4.69, 9.17) is 19.9 Å². The van der Waals surface area contributed by atoms with E-state index in [2.05, 4.69) is 48.6 Å². The molecule has 5 heteroatoms. The van der Waals surface area contributed by atoms with Crippen LogP contribution in [0.1, 0.15) is 45.0 Å². The van der Waals surface area contributed by atoms with Gasteiger partial charge in [0.25, 0.3) is 0 Å². The number of aromatic nitrogens is 4. The summed E-state index contributed by atoms with van der Waals surface area (Å²) in [5, 5.41) is 0. The molecule has 139 valence electrons. The number of rotatable bonds is 0. The van der Waals surface area contributed by atoms with E-state index in [1.807, 2.05) is 24.3 Å². The minimum atomic E-state index is 0. The smallest absolute Gasteiger partial charge is 0.657 e. The van der Waals surface area contributed by atoms with E-state index < -0.39 is 0 Å². The van der Waals surface area contributed by atoms with Crippen LogP contribution in [-0.4, -0.2) is 9.97 Å². The average molecular weight is 420 g/mol. The molecule has 2 aliphatic heterocycles. The summed E-state index contributed by atoms with van der Waals surface area (Å²) in [6.07, 6.45) is 16.6. The molecule has 0 fully saturated rings. The number of hydrogen-bond acceptors (Lipinski definition) is 2. The summed E-state index contributed by atoms with van der Waals surface area (Å²) in [7, 11) is 0. The first kappa shape index (κ1) is 16.5. The predicted octanol–water partition coefficient (Wildman–Crippen LogP) is 4.88. The largest absolute Gasteiger partial charge is 2.00 e. The van der Waals surface area contributed by atoms with Crippen LogP contribution in [0.4, 0.5) is 0 Å². The van der Waals surface area contributed by atoms with Crippen molar-refractivity contribution in [3.63, 3.8) is 0 Å². The fourth-order valence-electron chi connectivity index (χ4n) is 4.18. The van der Waals surface area contributed by atoms with Crippen molar-refractivity contribution < 1.29 is 17.1 Å². The Morgan fingerprint density at radius 1 is 0.517 bits per heavy atom. The second-order valence-corrected chi connectivity index (χ2v) is 7.26. The topological polar surface area (TPSA) is 54.0 Å². The van der Waals surface area contributed by atoms with Gasteiger partial charge in [-0.1, -0.05) is 48.6 Å². The van der Waals surface area contributed by atoms with E-state index in [0.717, 1.165) is 67.1 Å². The zero-order valence-corrected chi connectivity index (χ0v) is 16.0. The molecule has 0 unspecified atom stereocenters. The third kappa shape index (κ3) is 2.38. The molecule has 3 aromatic heterocycles.